The van der Waals surface area contributed by atoms with Gasteiger partial charge in [-0.2, -0.15) is 0 Å². The van der Waals surface area contributed by atoms with Crippen LogP contribution in [0.2, 0.25) is 0 Å². The Labute approximate surface area is 303 Å². The summed E-state index contributed by atoms with van der Waals surface area (Å²) in [4.78, 5) is 24.8. The molecule has 2 aromatic rings. The summed E-state index contributed by atoms with van der Waals surface area (Å²) < 4.78 is 26.9. The first-order valence-electron chi connectivity index (χ1n) is 19.6. The Morgan fingerprint density at radius 2 is 1.71 bits per heavy atom. The van der Waals surface area contributed by atoms with E-state index in [1.807, 2.05) is 6.07 Å². The number of rotatable bonds is 7. The molecule has 5 aliphatic rings. The fourth-order valence-electron chi connectivity index (χ4n) is 13.0. The number of nitrogens with zero attached hydrogens (tertiary/aromatic N) is 2. The van der Waals surface area contributed by atoms with Crippen molar-refractivity contribution in [1.82, 2.24) is 10.2 Å². The lowest BCUT2D eigenvalue weighted by Crippen LogP contribution is -2.66. The molecule has 7 rings (SSSR count). The Kier molecular flexibility index (Phi) is 8.54. The van der Waals surface area contributed by atoms with Gasteiger partial charge in [0.05, 0.1) is 17.3 Å². The van der Waals surface area contributed by atoms with Crippen molar-refractivity contribution in [2.75, 3.05) is 0 Å². The zero-order valence-electron chi connectivity index (χ0n) is 32.3. The van der Waals surface area contributed by atoms with Crippen LogP contribution in [0.1, 0.15) is 139 Å². The van der Waals surface area contributed by atoms with Gasteiger partial charge >= 0.3 is 11.9 Å². The lowest BCUT2D eigenvalue weighted by molar-refractivity contribution is -0.232. The molecule has 8 atom stereocenters. The average Bonchev–Trinajstić information content (AvgIpc) is 3.69. The summed E-state index contributed by atoms with van der Waals surface area (Å²) in [6.45, 7) is 20.2. The molecule has 1 aromatic carbocycles. The van der Waals surface area contributed by atoms with Crippen LogP contribution in [0.5, 0.6) is 0 Å². The van der Waals surface area contributed by atoms with Crippen LogP contribution < -0.4 is 0 Å². The molecule has 1 aromatic heterocycles. The van der Waals surface area contributed by atoms with E-state index >= 15 is 0 Å². The number of ether oxygens (including phenoxy) is 1. The minimum atomic E-state index is -1.15. The van der Waals surface area contributed by atoms with E-state index in [4.69, 9.17) is 14.3 Å². The highest BCUT2D eigenvalue weighted by atomic mass is 19.1. The number of hydrogen-bond acceptors (Lipinski definition) is 6. The third kappa shape index (κ3) is 5.29. The van der Waals surface area contributed by atoms with Crippen LogP contribution in [-0.2, 0) is 19.7 Å². The van der Waals surface area contributed by atoms with E-state index in [1.165, 1.54) is 18.6 Å². The Morgan fingerprint density at radius 3 is 2.39 bits per heavy atom. The van der Waals surface area contributed by atoms with E-state index in [9.17, 15) is 19.1 Å². The summed E-state index contributed by atoms with van der Waals surface area (Å²) in [6, 6.07) is 6.43. The summed E-state index contributed by atoms with van der Waals surface area (Å²) in [5, 5.41) is 18.8. The number of carboxylic acids is 1. The fraction of sp³-hybridized carbons (Fsp3) is 0.721. The lowest BCUT2D eigenvalue weighted by Gasteiger charge is -2.72. The number of halogens is 1. The molecule has 0 saturated heterocycles. The molecule has 5 aliphatic carbocycles. The van der Waals surface area contributed by atoms with Gasteiger partial charge in [-0.3, -0.25) is 9.59 Å². The highest BCUT2D eigenvalue weighted by Crippen LogP contribution is 2.77. The fourth-order valence-corrected chi connectivity index (χ4v) is 13.0. The second-order valence-corrected chi connectivity index (χ2v) is 19.4. The number of aliphatic carboxylic acids is 1. The first-order valence-corrected chi connectivity index (χ1v) is 19.6. The smallest absolute Gasteiger partial charge is 0.309 e. The molecular weight excluding hydrogens is 643 g/mol. The molecule has 0 aliphatic heterocycles. The van der Waals surface area contributed by atoms with Gasteiger partial charge in [0.15, 0.2) is 0 Å². The number of benzene rings is 1. The number of carboxylic acid groups (broad SMARTS) is 1. The highest BCUT2D eigenvalue weighted by Gasteiger charge is 2.70. The Morgan fingerprint density at radius 1 is 0.961 bits per heavy atom. The Bertz CT molecular complexity index is 1760. The van der Waals surface area contributed by atoms with Crippen LogP contribution in [0.25, 0.3) is 11.5 Å². The lowest BCUT2D eigenvalue weighted by atomic mass is 9.33. The van der Waals surface area contributed by atoms with Gasteiger partial charge in [-0.05, 0) is 136 Å². The third-order valence-electron chi connectivity index (χ3n) is 15.9. The molecule has 4 fully saturated rings. The Balaban J connectivity index is 1.19. The molecule has 7 nitrogen and oxygen atoms in total. The molecular formula is C43H59FN2O5. The van der Waals surface area contributed by atoms with Crippen molar-refractivity contribution < 1.29 is 28.2 Å². The maximum atomic E-state index is 14.2. The van der Waals surface area contributed by atoms with Crippen LogP contribution in [-0.4, -0.2) is 33.3 Å². The molecule has 0 amide bonds. The molecule has 51 heavy (non-hydrogen) atoms. The van der Waals surface area contributed by atoms with Crippen molar-refractivity contribution in [3.05, 3.63) is 47.1 Å². The first kappa shape index (κ1) is 36.3. The number of carbonyl (C=O) groups is 2. The second-order valence-electron chi connectivity index (χ2n) is 19.4. The van der Waals surface area contributed by atoms with E-state index in [1.54, 1.807) is 31.1 Å². The zero-order valence-corrected chi connectivity index (χ0v) is 32.3. The number of aromatic nitrogens is 2. The standard InChI is InChI=1S/C43H59FN2O5/c1-25(2)28-15-20-43(36-46-45-35(51-36)26-11-10-12-27(44)23-26)22-21-41(8)29(34(28)43)13-14-31-40(7)18-17-32(50-33(47)24-38(3,4)37(48)49)39(5,6)30(40)16-19-42(31,41)9/h10-12,23,25,29-32H,13-22,24H2,1-9H3,(H,48,49)/t29-,30+,31-,32+,40+,41-,42-,43+/m1/s1. The monoisotopic (exact) mass is 702 g/mol. The zero-order chi connectivity index (χ0) is 36.9. The minimum absolute atomic E-state index is 0.106. The highest BCUT2D eigenvalue weighted by molar-refractivity contribution is 5.81. The Hall–Kier alpha value is -3.03. The molecule has 1 heterocycles. The van der Waals surface area contributed by atoms with Crippen molar-refractivity contribution in [3.63, 3.8) is 0 Å². The van der Waals surface area contributed by atoms with Gasteiger partial charge in [0.1, 0.15) is 11.9 Å². The van der Waals surface area contributed by atoms with Crippen LogP contribution in [0, 0.1) is 56.6 Å². The maximum absolute atomic E-state index is 14.2. The van der Waals surface area contributed by atoms with Gasteiger partial charge in [0, 0.05) is 11.0 Å². The van der Waals surface area contributed by atoms with Crippen molar-refractivity contribution >= 4 is 11.9 Å². The summed E-state index contributed by atoms with van der Waals surface area (Å²) in [5.41, 5.74) is 2.48. The van der Waals surface area contributed by atoms with E-state index in [-0.39, 0.29) is 45.4 Å². The molecule has 1 N–H and O–H groups in total. The number of fused-ring (bicyclic) bond motifs is 7. The number of esters is 1. The molecule has 0 radical (unpaired) electrons. The number of hydrogen-bond donors (Lipinski definition) is 1. The third-order valence-corrected chi connectivity index (χ3v) is 15.9. The van der Waals surface area contributed by atoms with Gasteiger partial charge in [-0.1, -0.05) is 65.7 Å². The predicted octanol–water partition coefficient (Wildman–Crippen LogP) is 10.3. The average molecular weight is 703 g/mol. The molecule has 0 bridgehead atoms. The molecule has 8 heteroatoms. The SMILES string of the molecule is CC(C)C1=C2[C@H]3CC[C@@H]4[C@@]5(C)CC[C@H](OC(=O)CC(C)(C)C(=O)O)C(C)(C)[C@@H]5CC[C@@]4(C)[C@]3(C)CC[C@@]2(c2nnc(-c3cccc(F)c3)o2)CC1. The normalized spacial score (nSPS) is 37.3. The first-order chi connectivity index (χ1) is 23.8. The molecule has 4 saturated carbocycles. The molecule has 0 spiro atoms. The summed E-state index contributed by atoms with van der Waals surface area (Å²) in [7, 11) is 0. The summed E-state index contributed by atoms with van der Waals surface area (Å²) in [5.74, 6) is 1.22. The van der Waals surface area contributed by atoms with Crippen LogP contribution in [0.4, 0.5) is 4.39 Å². The van der Waals surface area contributed by atoms with Crippen molar-refractivity contribution in [2.24, 2.45) is 50.7 Å². The van der Waals surface area contributed by atoms with E-state index < -0.39 is 17.4 Å². The van der Waals surface area contributed by atoms with Crippen molar-refractivity contribution in [1.29, 1.82) is 0 Å². The van der Waals surface area contributed by atoms with Gasteiger partial charge in [-0.15, -0.1) is 10.2 Å². The number of carbonyl (C=O) groups excluding carboxylic acids is 1. The van der Waals surface area contributed by atoms with Crippen LogP contribution in [0.15, 0.2) is 39.8 Å². The van der Waals surface area contributed by atoms with E-state index in [2.05, 4.69) is 53.6 Å². The van der Waals surface area contributed by atoms with Gasteiger partial charge in [-0.25, -0.2) is 4.39 Å². The largest absolute Gasteiger partial charge is 0.481 e. The van der Waals surface area contributed by atoms with Gasteiger partial charge < -0.3 is 14.3 Å². The summed E-state index contributed by atoms with van der Waals surface area (Å²) in [6.07, 6.45) is 10.1. The van der Waals surface area contributed by atoms with Gasteiger partial charge in [0.2, 0.25) is 11.8 Å². The van der Waals surface area contributed by atoms with Crippen LogP contribution >= 0.6 is 0 Å². The predicted molar refractivity (Wildman–Crippen MR) is 194 cm³/mol. The second kappa shape index (κ2) is 12.0. The van der Waals surface area contributed by atoms with E-state index in [0.29, 0.717) is 41.0 Å². The quantitative estimate of drug-likeness (QED) is 0.226. The number of allylic oxidation sites excluding steroid dienone is 2. The van der Waals surface area contributed by atoms with Crippen molar-refractivity contribution in [2.45, 2.75) is 144 Å². The van der Waals surface area contributed by atoms with Crippen molar-refractivity contribution in [3.8, 4) is 11.5 Å². The van der Waals surface area contributed by atoms with Crippen LogP contribution in [0.3, 0.4) is 0 Å². The maximum Gasteiger partial charge on any atom is 0.309 e. The minimum Gasteiger partial charge on any atom is -0.481 e. The topological polar surface area (TPSA) is 103 Å². The molecule has 278 valence electrons. The van der Waals surface area contributed by atoms with Gasteiger partial charge in [0.25, 0.3) is 0 Å². The van der Waals surface area contributed by atoms with E-state index in [0.717, 1.165) is 57.8 Å². The summed E-state index contributed by atoms with van der Waals surface area (Å²) >= 11 is 0. The molecule has 0 unspecified atom stereocenters.